The molecule has 0 aliphatic carbocycles. The molecule has 0 bridgehead atoms. The van der Waals surface area contributed by atoms with E-state index in [1.54, 1.807) is 19.4 Å². The Kier molecular flexibility index (Phi) is 5.09. The van der Waals surface area contributed by atoms with E-state index in [2.05, 4.69) is 20.9 Å². The van der Waals surface area contributed by atoms with E-state index < -0.39 is 0 Å². The lowest BCUT2D eigenvalue weighted by Crippen LogP contribution is -2.25. The molecular weight excluding hydrogens is 323 g/mol. The van der Waals surface area contributed by atoms with E-state index in [0.29, 0.717) is 18.7 Å². The molecule has 1 aromatic carbocycles. The average Bonchev–Trinajstić information content (AvgIpc) is 2.38. The highest BCUT2D eigenvalue weighted by atomic mass is 79.9. The summed E-state index contributed by atoms with van der Waals surface area (Å²) in [5, 5.41) is 0. The first kappa shape index (κ1) is 14.9. The molecule has 0 saturated carbocycles. The fourth-order valence-corrected chi connectivity index (χ4v) is 2.57. The number of nitrogens with zero attached hydrogens (tertiary/aromatic N) is 1. The van der Waals surface area contributed by atoms with Gasteiger partial charge in [-0.2, -0.15) is 0 Å². The lowest BCUT2D eigenvalue weighted by molar-refractivity contribution is 0.397. The molecule has 5 heteroatoms. The quantitative estimate of drug-likeness (QED) is 0.911. The van der Waals surface area contributed by atoms with E-state index in [1.165, 1.54) is 12.1 Å². The second-order valence-electron chi connectivity index (χ2n) is 4.65. The van der Waals surface area contributed by atoms with Crippen LogP contribution in [0.4, 0.5) is 4.39 Å². The first-order valence-corrected chi connectivity index (χ1v) is 7.05. The van der Waals surface area contributed by atoms with Crippen molar-refractivity contribution >= 4 is 15.9 Å². The fourth-order valence-electron chi connectivity index (χ4n) is 2.06. The van der Waals surface area contributed by atoms with E-state index in [-0.39, 0.29) is 11.9 Å². The molecule has 0 spiro atoms. The van der Waals surface area contributed by atoms with Gasteiger partial charge in [0.25, 0.3) is 0 Å². The summed E-state index contributed by atoms with van der Waals surface area (Å²) in [6.07, 6.45) is 3.05. The molecule has 0 radical (unpaired) electrons. The molecule has 2 N–H and O–H groups in total. The van der Waals surface area contributed by atoms with Gasteiger partial charge in [0.1, 0.15) is 5.82 Å². The Morgan fingerprint density at radius 3 is 2.60 bits per heavy atom. The second-order valence-corrected chi connectivity index (χ2v) is 5.57. The first-order valence-electron chi connectivity index (χ1n) is 6.26. The van der Waals surface area contributed by atoms with Crippen molar-refractivity contribution in [1.82, 2.24) is 4.98 Å². The minimum atomic E-state index is -0.257. The van der Waals surface area contributed by atoms with Crippen LogP contribution in [0.5, 0.6) is 5.88 Å². The molecule has 106 valence electrons. The van der Waals surface area contributed by atoms with Gasteiger partial charge in [0.2, 0.25) is 5.88 Å². The summed E-state index contributed by atoms with van der Waals surface area (Å²) in [5.41, 5.74) is 8.03. The van der Waals surface area contributed by atoms with Gasteiger partial charge in [0.05, 0.1) is 7.11 Å². The van der Waals surface area contributed by atoms with Crippen molar-refractivity contribution in [3.05, 3.63) is 57.9 Å². The number of benzene rings is 1. The molecule has 1 atom stereocenters. The number of methoxy groups -OCH3 is 1. The Balaban J connectivity index is 1.98. The van der Waals surface area contributed by atoms with Gasteiger partial charge in [-0.15, -0.1) is 0 Å². The van der Waals surface area contributed by atoms with E-state index in [0.717, 1.165) is 15.6 Å². The fraction of sp³-hybridized carbons (Fsp3) is 0.267. The van der Waals surface area contributed by atoms with Crippen molar-refractivity contribution in [1.29, 1.82) is 0 Å². The predicted molar refractivity (Wildman–Crippen MR) is 80.3 cm³/mol. The van der Waals surface area contributed by atoms with Gasteiger partial charge in [-0.3, -0.25) is 0 Å². The molecule has 0 aliphatic heterocycles. The van der Waals surface area contributed by atoms with Crippen molar-refractivity contribution in [2.75, 3.05) is 7.11 Å². The van der Waals surface area contributed by atoms with E-state index in [1.807, 2.05) is 12.1 Å². The molecule has 1 unspecified atom stereocenters. The maximum Gasteiger partial charge on any atom is 0.212 e. The van der Waals surface area contributed by atoms with Crippen molar-refractivity contribution < 1.29 is 9.13 Å². The SMILES string of the molecule is COc1ccc(CC(N)Cc2cc(F)cc(Br)c2)cn1. The number of pyridine rings is 1. The van der Waals surface area contributed by atoms with Gasteiger partial charge < -0.3 is 10.5 Å². The predicted octanol–water partition coefficient (Wildman–Crippen LogP) is 3.10. The van der Waals surface area contributed by atoms with Crippen LogP contribution in [0.3, 0.4) is 0 Å². The summed E-state index contributed by atoms with van der Waals surface area (Å²) in [4.78, 5) is 4.14. The molecule has 1 aromatic heterocycles. The van der Waals surface area contributed by atoms with Gasteiger partial charge in [-0.1, -0.05) is 22.0 Å². The maximum atomic E-state index is 13.3. The first-order chi connectivity index (χ1) is 9.56. The van der Waals surface area contributed by atoms with E-state index in [4.69, 9.17) is 10.5 Å². The van der Waals surface area contributed by atoms with Crippen LogP contribution in [0, 0.1) is 5.82 Å². The molecular formula is C15H16BrFN2O. The Hall–Kier alpha value is -1.46. The summed E-state index contributed by atoms with van der Waals surface area (Å²) < 4.78 is 19.0. The topological polar surface area (TPSA) is 48.1 Å². The third-order valence-corrected chi connectivity index (χ3v) is 3.38. The lowest BCUT2D eigenvalue weighted by Gasteiger charge is -2.12. The van der Waals surface area contributed by atoms with Crippen LogP contribution in [0.1, 0.15) is 11.1 Å². The zero-order valence-corrected chi connectivity index (χ0v) is 12.7. The third-order valence-electron chi connectivity index (χ3n) is 2.92. The molecule has 2 aromatic rings. The van der Waals surface area contributed by atoms with Crippen LogP contribution < -0.4 is 10.5 Å². The van der Waals surface area contributed by atoms with E-state index >= 15 is 0 Å². The average molecular weight is 339 g/mol. The Bertz CT molecular complexity index is 554. The van der Waals surface area contributed by atoms with Crippen LogP contribution >= 0.6 is 15.9 Å². The summed E-state index contributed by atoms with van der Waals surface area (Å²) in [6.45, 7) is 0. The van der Waals surface area contributed by atoms with Crippen molar-refractivity contribution in [3.8, 4) is 5.88 Å². The number of hydrogen-bond donors (Lipinski definition) is 1. The number of halogens is 2. The van der Waals surface area contributed by atoms with Crippen LogP contribution in [-0.4, -0.2) is 18.1 Å². The number of aromatic nitrogens is 1. The smallest absolute Gasteiger partial charge is 0.212 e. The zero-order chi connectivity index (χ0) is 14.5. The number of rotatable bonds is 5. The monoisotopic (exact) mass is 338 g/mol. The van der Waals surface area contributed by atoms with Crippen molar-refractivity contribution in [2.24, 2.45) is 5.73 Å². The summed E-state index contributed by atoms with van der Waals surface area (Å²) in [7, 11) is 1.58. The summed E-state index contributed by atoms with van der Waals surface area (Å²) in [6, 6.07) is 8.49. The van der Waals surface area contributed by atoms with Gasteiger partial charge in [0.15, 0.2) is 0 Å². The number of ether oxygens (including phenoxy) is 1. The molecule has 0 aliphatic rings. The highest BCUT2D eigenvalue weighted by molar-refractivity contribution is 9.10. The highest BCUT2D eigenvalue weighted by Gasteiger charge is 2.08. The highest BCUT2D eigenvalue weighted by Crippen LogP contribution is 2.17. The van der Waals surface area contributed by atoms with Gasteiger partial charge >= 0.3 is 0 Å². The Morgan fingerprint density at radius 1 is 1.25 bits per heavy atom. The summed E-state index contributed by atoms with van der Waals surface area (Å²) in [5.74, 6) is 0.323. The summed E-state index contributed by atoms with van der Waals surface area (Å²) >= 11 is 3.28. The van der Waals surface area contributed by atoms with Crippen LogP contribution in [-0.2, 0) is 12.8 Å². The Morgan fingerprint density at radius 2 is 2.00 bits per heavy atom. The molecule has 1 heterocycles. The third kappa shape index (κ3) is 4.28. The van der Waals surface area contributed by atoms with E-state index in [9.17, 15) is 4.39 Å². The lowest BCUT2D eigenvalue weighted by atomic mass is 10.0. The molecule has 3 nitrogen and oxygen atoms in total. The van der Waals surface area contributed by atoms with Crippen LogP contribution in [0.2, 0.25) is 0 Å². The molecule has 20 heavy (non-hydrogen) atoms. The van der Waals surface area contributed by atoms with Crippen molar-refractivity contribution in [3.63, 3.8) is 0 Å². The second kappa shape index (κ2) is 6.81. The van der Waals surface area contributed by atoms with Crippen LogP contribution in [0.15, 0.2) is 41.0 Å². The minimum absolute atomic E-state index is 0.0844. The molecule has 0 amide bonds. The zero-order valence-electron chi connectivity index (χ0n) is 11.1. The molecule has 2 rings (SSSR count). The number of nitrogens with two attached hydrogens (primary N) is 1. The van der Waals surface area contributed by atoms with Gasteiger partial charge in [-0.05, 0) is 42.2 Å². The maximum absolute atomic E-state index is 13.3. The van der Waals surface area contributed by atoms with Crippen LogP contribution in [0.25, 0.3) is 0 Å². The van der Waals surface area contributed by atoms with Gasteiger partial charge in [0, 0.05) is 22.8 Å². The normalized spacial score (nSPS) is 12.2. The van der Waals surface area contributed by atoms with Gasteiger partial charge in [-0.25, -0.2) is 9.37 Å². The molecule has 0 saturated heterocycles. The standard InChI is InChI=1S/C15H16BrFN2O/c1-20-15-3-2-10(9-19-15)6-14(18)7-11-4-12(16)8-13(17)5-11/h2-5,8-9,14H,6-7,18H2,1H3. The largest absolute Gasteiger partial charge is 0.481 e. The Labute approximate surface area is 126 Å². The van der Waals surface area contributed by atoms with Crippen molar-refractivity contribution in [2.45, 2.75) is 18.9 Å². The molecule has 0 fully saturated rings. The minimum Gasteiger partial charge on any atom is -0.481 e. The number of hydrogen-bond acceptors (Lipinski definition) is 3.